The van der Waals surface area contributed by atoms with Crippen molar-refractivity contribution in [1.29, 1.82) is 5.26 Å². The molecule has 2 N–H and O–H groups in total. The molecule has 0 aliphatic heterocycles. The van der Waals surface area contributed by atoms with E-state index in [0.717, 1.165) is 24.9 Å². The number of hydrogen-bond donors (Lipinski definition) is 2. The summed E-state index contributed by atoms with van der Waals surface area (Å²) in [6, 6.07) is 9.51. The van der Waals surface area contributed by atoms with Gasteiger partial charge in [-0.1, -0.05) is 26.0 Å². The van der Waals surface area contributed by atoms with Crippen LogP contribution in [0.15, 0.2) is 24.3 Å². The fourth-order valence-electron chi connectivity index (χ4n) is 1.67. The largest absolute Gasteiger partial charge is 0.508 e. The highest BCUT2D eigenvalue weighted by atomic mass is 16.3. The van der Waals surface area contributed by atoms with Crippen LogP contribution in [-0.2, 0) is 6.42 Å². The molecule has 0 aliphatic carbocycles. The molecule has 0 spiro atoms. The maximum absolute atomic E-state index is 9.27. The maximum Gasteiger partial charge on any atom is 0.115 e. The predicted octanol–water partition coefficient (Wildman–Crippen LogP) is 2.85. The van der Waals surface area contributed by atoms with Gasteiger partial charge in [0.15, 0.2) is 0 Å². The van der Waals surface area contributed by atoms with Crippen molar-refractivity contribution in [3.05, 3.63) is 29.8 Å². The molecule has 0 aliphatic rings. The van der Waals surface area contributed by atoms with Gasteiger partial charge in [0, 0.05) is 0 Å². The monoisotopic (exact) mass is 246 g/mol. The average molecular weight is 246 g/mol. The fourth-order valence-corrected chi connectivity index (χ4v) is 1.67. The van der Waals surface area contributed by atoms with Crippen LogP contribution in [0.25, 0.3) is 0 Å². The molecule has 0 amide bonds. The van der Waals surface area contributed by atoms with Crippen LogP contribution in [0.1, 0.15) is 32.8 Å². The van der Waals surface area contributed by atoms with Gasteiger partial charge in [0.25, 0.3) is 0 Å². The van der Waals surface area contributed by atoms with Crippen LogP contribution >= 0.6 is 0 Å². The van der Waals surface area contributed by atoms with Gasteiger partial charge in [0.05, 0.1) is 6.07 Å². The van der Waals surface area contributed by atoms with E-state index in [4.69, 9.17) is 0 Å². The molecule has 0 fully saturated rings. The van der Waals surface area contributed by atoms with Crippen molar-refractivity contribution in [3.8, 4) is 11.8 Å². The van der Waals surface area contributed by atoms with Crippen LogP contribution in [-0.4, -0.2) is 17.2 Å². The zero-order valence-corrected chi connectivity index (χ0v) is 11.4. The van der Waals surface area contributed by atoms with Gasteiger partial charge in [0.2, 0.25) is 0 Å². The van der Waals surface area contributed by atoms with E-state index in [-0.39, 0.29) is 5.75 Å². The number of nitrogens with one attached hydrogen (secondary N) is 1. The number of phenolic OH excluding ortho intramolecular Hbond substituents is 1. The van der Waals surface area contributed by atoms with Crippen molar-refractivity contribution in [3.63, 3.8) is 0 Å². The first-order valence-corrected chi connectivity index (χ1v) is 6.39. The Kier molecular flexibility index (Phi) is 5.18. The third kappa shape index (κ3) is 4.77. The van der Waals surface area contributed by atoms with Crippen LogP contribution < -0.4 is 5.32 Å². The molecule has 0 saturated heterocycles. The van der Waals surface area contributed by atoms with Crippen LogP contribution in [0.5, 0.6) is 5.75 Å². The molecule has 0 heterocycles. The van der Waals surface area contributed by atoms with Crippen molar-refractivity contribution in [2.75, 3.05) is 6.54 Å². The standard InChI is InChI=1S/C15H22N2O/c1-12(2)10-17-15(3,11-16)9-8-13-4-6-14(18)7-5-13/h4-7,12,17-18H,8-10H2,1-3H3. The Labute approximate surface area is 109 Å². The van der Waals surface area contributed by atoms with Crippen LogP contribution in [0.2, 0.25) is 0 Å². The summed E-state index contributed by atoms with van der Waals surface area (Å²) >= 11 is 0. The quantitative estimate of drug-likeness (QED) is 0.811. The normalized spacial score (nSPS) is 14.2. The summed E-state index contributed by atoms with van der Waals surface area (Å²) in [6.07, 6.45) is 1.59. The second kappa shape index (κ2) is 6.42. The van der Waals surface area contributed by atoms with Gasteiger partial charge in [-0.2, -0.15) is 5.26 Å². The van der Waals surface area contributed by atoms with Gasteiger partial charge >= 0.3 is 0 Å². The van der Waals surface area contributed by atoms with Crippen LogP contribution in [0.3, 0.4) is 0 Å². The van der Waals surface area contributed by atoms with E-state index >= 15 is 0 Å². The molecule has 18 heavy (non-hydrogen) atoms. The van der Waals surface area contributed by atoms with E-state index in [9.17, 15) is 10.4 Å². The van der Waals surface area contributed by atoms with Crippen molar-refractivity contribution in [1.82, 2.24) is 5.32 Å². The molecule has 3 heteroatoms. The van der Waals surface area contributed by atoms with E-state index in [2.05, 4.69) is 25.2 Å². The maximum atomic E-state index is 9.27. The van der Waals surface area contributed by atoms with E-state index in [0.29, 0.717) is 5.92 Å². The molecule has 1 unspecified atom stereocenters. The predicted molar refractivity (Wildman–Crippen MR) is 73.3 cm³/mol. The Morgan fingerprint density at radius 3 is 2.44 bits per heavy atom. The van der Waals surface area contributed by atoms with Gasteiger partial charge in [-0.05, 0) is 49.9 Å². The molecular weight excluding hydrogens is 224 g/mol. The van der Waals surface area contributed by atoms with Crippen molar-refractivity contribution in [2.24, 2.45) is 5.92 Å². The molecule has 1 atom stereocenters. The van der Waals surface area contributed by atoms with Gasteiger partial charge in [-0.15, -0.1) is 0 Å². The lowest BCUT2D eigenvalue weighted by atomic mass is 9.94. The molecule has 1 rings (SSSR count). The minimum absolute atomic E-state index is 0.278. The first-order chi connectivity index (χ1) is 8.45. The first kappa shape index (κ1) is 14.5. The second-order valence-electron chi connectivity index (χ2n) is 5.39. The Morgan fingerprint density at radius 1 is 1.33 bits per heavy atom. The lowest BCUT2D eigenvalue weighted by Gasteiger charge is -2.24. The number of hydrogen-bond acceptors (Lipinski definition) is 3. The highest BCUT2D eigenvalue weighted by molar-refractivity contribution is 5.26. The van der Waals surface area contributed by atoms with Gasteiger partial charge in [-0.3, -0.25) is 5.32 Å². The number of aromatic hydroxyl groups is 1. The molecule has 1 aromatic carbocycles. The summed E-state index contributed by atoms with van der Waals surface area (Å²) in [5, 5.41) is 21.8. The lowest BCUT2D eigenvalue weighted by molar-refractivity contribution is 0.389. The van der Waals surface area contributed by atoms with Gasteiger partial charge in [0.1, 0.15) is 11.3 Å². The summed E-state index contributed by atoms with van der Waals surface area (Å²) in [4.78, 5) is 0. The summed E-state index contributed by atoms with van der Waals surface area (Å²) in [6.45, 7) is 7.05. The third-order valence-corrected chi connectivity index (χ3v) is 3.00. The minimum atomic E-state index is -0.484. The zero-order chi connectivity index (χ0) is 13.6. The molecule has 1 aromatic rings. The molecule has 3 nitrogen and oxygen atoms in total. The zero-order valence-electron chi connectivity index (χ0n) is 11.4. The molecule has 0 aromatic heterocycles. The lowest BCUT2D eigenvalue weighted by Crippen LogP contribution is -2.43. The third-order valence-electron chi connectivity index (χ3n) is 3.00. The van der Waals surface area contributed by atoms with Crippen LogP contribution in [0, 0.1) is 17.2 Å². The Balaban J connectivity index is 2.53. The molecule has 98 valence electrons. The number of nitrogens with zero attached hydrogens (tertiary/aromatic N) is 1. The Hall–Kier alpha value is -1.53. The smallest absolute Gasteiger partial charge is 0.115 e. The number of nitriles is 1. The SMILES string of the molecule is CC(C)CNC(C)(C#N)CCc1ccc(O)cc1. The molecule has 0 saturated carbocycles. The van der Waals surface area contributed by atoms with E-state index in [1.807, 2.05) is 19.1 Å². The fraction of sp³-hybridized carbons (Fsp3) is 0.533. The summed E-state index contributed by atoms with van der Waals surface area (Å²) in [7, 11) is 0. The first-order valence-electron chi connectivity index (χ1n) is 6.39. The molecule has 0 bridgehead atoms. The van der Waals surface area contributed by atoms with Gasteiger partial charge < -0.3 is 5.11 Å². The minimum Gasteiger partial charge on any atom is -0.508 e. The summed E-state index contributed by atoms with van der Waals surface area (Å²) in [5.41, 5.74) is 0.655. The van der Waals surface area contributed by atoms with Crippen molar-refractivity contribution in [2.45, 2.75) is 39.2 Å². The number of phenols is 1. The Morgan fingerprint density at radius 2 is 1.94 bits per heavy atom. The van der Waals surface area contributed by atoms with Crippen molar-refractivity contribution < 1.29 is 5.11 Å². The van der Waals surface area contributed by atoms with Gasteiger partial charge in [-0.25, -0.2) is 0 Å². The summed E-state index contributed by atoms with van der Waals surface area (Å²) < 4.78 is 0. The van der Waals surface area contributed by atoms with E-state index in [1.54, 1.807) is 12.1 Å². The number of benzene rings is 1. The van der Waals surface area contributed by atoms with Crippen LogP contribution in [0.4, 0.5) is 0 Å². The molecule has 0 radical (unpaired) electrons. The second-order valence-corrected chi connectivity index (χ2v) is 5.39. The van der Waals surface area contributed by atoms with E-state index < -0.39 is 5.54 Å². The summed E-state index contributed by atoms with van der Waals surface area (Å²) in [5.74, 6) is 0.811. The van der Waals surface area contributed by atoms with E-state index in [1.165, 1.54) is 0 Å². The highest BCUT2D eigenvalue weighted by Gasteiger charge is 2.22. The molecular formula is C15H22N2O. The number of rotatable bonds is 6. The average Bonchev–Trinajstić information content (AvgIpc) is 2.36. The highest BCUT2D eigenvalue weighted by Crippen LogP contribution is 2.16. The Bertz CT molecular complexity index is 405. The van der Waals surface area contributed by atoms with Crippen molar-refractivity contribution >= 4 is 0 Å². The number of aryl methyl sites for hydroxylation is 1. The topological polar surface area (TPSA) is 56.0 Å².